The van der Waals surface area contributed by atoms with Crippen LogP contribution in [0.15, 0.2) is 30.6 Å². The molecule has 0 saturated carbocycles. The molecule has 3 heterocycles. The molecule has 2 amide bonds. The molecule has 2 aliphatic heterocycles. The molecule has 0 aliphatic carbocycles. The largest absolute Gasteiger partial charge is 0.493 e. The highest BCUT2D eigenvalue weighted by atomic mass is 19.1. The number of hydrogen-bond acceptors (Lipinski definition) is 3. The van der Waals surface area contributed by atoms with Gasteiger partial charge in [0.1, 0.15) is 11.6 Å². The molecule has 0 spiro atoms. The minimum atomic E-state index is -0.322. The number of carbonyl (C=O) groups is 1. The number of hydrogen-bond donors (Lipinski definition) is 2. The van der Waals surface area contributed by atoms with Crippen molar-refractivity contribution in [2.45, 2.75) is 37.6 Å². The van der Waals surface area contributed by atoms with E-state index in [1.807, 2.05) is 17.3 Å². The number of halogens is 1. The zero-order valence-electron chi connectivity index (χ0n) is 14.6. The number of carbonyl (C=O) groups excluding carboxylic acids is 1. The molecule has 1 saturated heterocycles. The number of aromatic amines is 1. The number of fused-ring (bicyclic) bond motifs is 1. The molecule has 2 aliphatic rings. The summed E-state index contributed by atoms with van der Waals surface area (Å²) in [5.74, 6) is 0.663. The molecular formula is C19H23FN4O2. The third kappa shape index (κ3) is 3.52. The summed E-state index contributed by atoms with van der Waals surface area (Å²) in [5.41, 5.74) is 2.06. The third-order valence-electron chi connectivity index (χ3n) is 5.32. The van der Waals surface area contributed by atoms with Crippen LogP contribution in [0.3, 0.4) is 0 Å². The van der Waals surface area contributed by atoms with Crippen LogP contribution in [0.1, 0.15) is 48.8 Å². The summed E-state index contributed by atoms with van der Waals surface area (Å²) in [6, 6.07) is 4.33. The zero-order chi connectivity index (χ0) is 17.9. The second-order valence-electron chi connectivity index (χ2n) is 6.97. The van der Waals surface area contributed by atoms with Gasteiger partial charge in [0.05, 0.1) is 18.8 Å². The summed E-state index contributed by atoms with van der Waals surface area (Å²) in [7, 11) is 0. The molecule has 6 nitrogen and oxygen atoms in total. The van der Waals surface area contributed by atoms with Crippen molar-refractivity contribution in [2.75, 3.05) is 19.7 Å². The van der Waals surface area contributed by atoms with Crippen molar-refractivity contribution in [3.8, 4) is 5.75 Å². The van der Waals surface area contributed by atoms with Crippen LogP contribution >= 0.6 is 0 Å². The van der Waals surface area contributed by atoms with E-state index in [0.717, 1.165) is 44.3 Å². The summed E-state index contributed by atoms with van der Waals surface area (Å²) < 4.78 is 19.1. The summed E-state index contributed by atoms with van der Waals surface area (Å²) in [6.45, 7) is 1.99. The Bertz CT molecular complexity index is 757. The number of ether oxygens (including phenoxy) is 1. The van der Waals surface area contributed by atoms with E-state index in [1.54, 1.807) is 6.07 Å². The number of benzene rings is 1. The van der Waals surface area contributed by atoms with Crippen LogP contribution in [0.5, 0.6) is 5.75 Å². The maximum absolute atomic E-state index is 13.5. The zero-order valence-corrected chi connectivity index (χ0v) is 14.6. The van der Waals surface area contributed by atoms with Gasteiger partial charge >= 0.3 is 6.03 Å². The number of likely N-dealkylation sites (tertiary alicyclic amines) is 1. The first-order valence-electron chi connectivity index (χ1n) is 9.17. The van der Waals surface area contributed by atoms with Gasteiger partial charge in [-0.3, -0.25) is 5.10 Å². The van der Waals surface area contributed by atoms with Crippen molar-refractivity contribution in [3.63, 3.8) is 0 Å². The molecule has 0 radical (unpaired) electrons. The van der Waals surface area contributed by atoms with E-state index in [2.05, 4.69) is 15.5 Å². The molecular weight excluding hydrogens is 335 g/mol. The lowest BCUT2D eigenvalue weighted by atomic mass is 9.92. The summed E-state index contributed by atoms with van der Waals surface area (Å²) >= 11 is 0. The van der Waals surface area contributed by atoms with Gasteiger partial charge < -0.3 is 15.0 Å². The Kier molecular flexibility index (Phi) is 4.77. The van der Waals surface area contributed by atoms with Crippen LogP contribution in [0, 0.1) is 5.82 Å². The number of aromatic nitrogens is 2. The highest BCUT2D eigenvalue weighted by Crippen LogP contribution is 2.33. The van der Waals surface area contributed by atoms with Crippen molar-refractivity contribution in [3.05, 3.63) is 47.5 Å². The molecule has 138 valence electrons. The van der Waals surface area contributed by atoms with E-state index in [9.17, 15) is 9.18 Å². The third-order valence-corrected chi connectivity index (χ3v) is 5.32. The van der Waals surface area contributed by atoms with Gasteiger partial charge in [0, 0.05) is 30.9 Å². The summed E-state index contributed by atoms with van der Waals surface area (Å²) in [5, 5.41) is 9.98. The van der Waals surface area contributed by atoms with Crippen molar-refractivity contribution in [1.29, 1.82) is 0 Å². The van der Waals surface area contributed by atoms with Crippen LogP contribution in [0.25, 0.3) is 0 Å². The summed E-state index contributed by atoms with van der Waals surface area (Å²) in [6.07, 6.45) is 7.27. The van der Waals surface area contributed by atoms with Gasteiger partial charge in [-0.05, 0) is 43.2 Å². The Labute approximate surface area is 151 Å². The van der Waals surface area contributed by atoms with Crippen molar-refractivity contribution >= 4 is 6.03 Å². The fourth-order valence-electron chi connectivity index (χ4n) is 3.84. The lowest BCUT2D eigenvalue weighted by Gasteiger charge is -2.33. The van der Waals surface area contributed by atoms with Gasteiger partial charge in [0.15, 0.2) is 0 Å². The molecule has 2 N–H and O–H groups in total. The van der Waals surface area contributed by atoms with Crippen LogP contribution in [0.4, 0.5) is 9.18 Å². The van der Waals surface area contributed by atoms with Crippen molar-refractivity contribution in [1.82, 2.24) is 20.4 Å². The summed E-state index contributed by atoms with van der Waals surface area (Å²) in [4.78, 5) is 14.6. The molecule has 1 aromatic heterocycles. The number of urea groups is 1. The maximum Gasteiger partial charge on any atom is 0.317 e. The Morgan fingerprint density at radius 2 is 2.15 bits per heavy atom. The lowest BCUT2D eigenvalue weighted by Crippen LogP contribution is -2.45. The van der Waals surface area contributed by atoms with Crippen molar-refractivity contribution < 1.29 is 13.9 Å². The highest BCUT2D eigenvalue weighted by Gasteiger charge is 2.27. The van der Waals surface area contributed by atoms with Gasteiger partial charge in [-0.25, -0.2) is 9.18 Å². The molecule has 4 rings (SSSR count). The molecule has 1 aromatic carbocycles. The fourth-order valence-corrected chi connectivity index (χ4v) is 3.84. The van der Waals surface area contributed by atoms with Crippen LogP contribution in [-0.4, -0.2) is 40.8 Å². The van der Waals surface area contributed by atoms with E-state index in [0.29, 0.717) is 18.3 Å². The number of nitrogens with one attached hydrogen (secondary N) is 2. The van der Waals surface area contributed by atoms with Gasteiger partial charge in [-0.1, -0.05) is 6.07 Å². The quantitative estimate of drug-likeness (QED) is 0.865. The average molecular weight is 358 g/mol. The lowest BCUT2D eigenvalue weighted by molar-refractivity contribution is 0.177. The van der Waals surface area contributed by atoms with E-state index in [-0.39, 0.29) is 17.9 Å². The normalized spacial score (nSPS) is 20.8. The maximum atomic E-state index is 13.5. The number of rotatable bonds is 2. The second-order valence-corrected chi connectivity index (χ2v) is 6.97. The first-order chi connectivity index (χ1) is 12.7. The predicted molar refractivity (Wildman–Crippen MR) is 94.5 cm³/mol. The Balaban J connectivity index is 1.39. The smallest absolute Gasteiger partial charge is 0.317 e. The highest BCUT2D eigenvalue weighted by molar-refractivity contribution is 5.75. The Hall–Kier alpha value is -2.57. The average Bonchev–Trinajstić information content (AvgIpc) is 3.12. The number of amides is 2. The van der Waals surface area contributed by atoms with Gasteiger partial charge in [-0.15, -0.1) is 0 Å². The number of piperidine rings is 1. The first kappa shape index (κ1) is 16.9. The van der Waals surface area contributed by atoms with Gasteiger partial charge in [-0.2, -0.15) is 5.10 Å². The van der Waals surface area contributed by atoms with E-state index in [4.69, 9.17) is 4.74 Å². The minimum absolute atomic E-state index is 0.0576. The van der Waals surface area contributed by atoms with E-state index < -0.39 is 0 Å². The predicted octanol–water partition coefficient (Wildman–Crippen LogP) is 3.35. The topological polar surface area (TPSA) is 70.2 Å². The molecule has 7 heteroatoms. The number of H-pyrrole nitrogens is 1. The Morgan fingerprint density at radius 1 is 1.31 bits per heavy atom. The minimum Gasteiger partial charge on any atom is -0.493 e. The number of nitrogens with zero attached hydrogens (tertiary/aromatic N) is 2. The molecule has 2 aromatic rings. The van der Waals surface area contributed by atoms with E-state index in [1.165, 1.54) is 17.7 Å². The SMILES string of the molecule is O=C(NC1CCCOc2cc(F)ccc21)N1CCC(c2cn[nH]c2)CC1. The molecule has 26 heavy (non-hydrogen) atoms. The van der Waals surface area contributed by atoms with Crippen molar-refractivity contribution in [2.24, 2.45) is 0 Å². The molecule has 1 atom stereocenters. The van der Waals surface area contributed by atoms with Crippen LogP contribution in [0.2, 0.25) is 0 Å². The first-order valence-corrected chi connectivity index (χ1v) is 9.17. The van der Waals surface area contributed by atoms with Gasteiger partial charge in [0.25, 0.3) is 0 Å². The monoisotopic (exact) mass is 358 g/mol. The molecule has 0 bridgehead atoms. The fraction of sp³-hybridized carbons (Fsp3) is 0.474. The molecule has 1 fully saturated rings. The Morgan fingerprint density at radius 3 is 2.92 bits per heavy atom. The van der Waals surface area contributed by atoms with Crippen LogP contribution in [-0.2, 0) is 0 Å². The van der Waals surface area contributed by atoms with Crippen LogP contribution < -0.4 is 10.1 Å². The van der Waals surface area contributed by atoms with E-state index >= 15 is 0 Å². The standard InChI is InChI=1S/C19H23FN4O2/c20-15-3-4-16-17(2-1-9-26-18(16)10-15)23-19(25)24-7-5-13(6-8-24)14-11-21-22-12-14/h3-4,10-13,17H,1-2,5-9H2,(H,21,22)(H,23,25). The van der Waals surface area contributed by atoms with Gasteiger partial charge in [0.2, 0.25) is 0 Å². The molecule has 1 unspecified atom stereocenters. The second kappa shape index (κ2) is 7.35.